The molecule has 0 aliphatic carbocycles. The van der Waals surface area contributed by atoms with Crippen LogP contribution in [0, 0.1) is 0 Å². The van der Waals surface area contributed by atoms with Gasteiger partial charge in [0.2, 0.25) is 0 Å². The average Bonchev–Trinajstić information content (AvgIpc) is 2.47. The summed E-state index contributed by atoms with van der Waals surface area (Å²) in [7, 11) is 0. The maximum absolute atomic E-state index is 5.76. The van der Waals surface area contributed by atoms with E-state index in [1.165, 1.54) is 11.3 Å². The molecular formula is C17H28N2O. The molecule has 0 amide bonds. The zero-order valence-electron chi connectivity index (χ0n) is 13.2. The van der Waals surface area contributed by atoms with Crippen LogP contribution in [0.15, 0.2) is 24.3 Å². The zero-order chi connectivity index (χ0) is 14.5. The van der Waals surface area contributed by atoms with Crippen molar-refractivity contribution in [1.29, 1.82) is 0 Å². The van der Waals surface area contributed by atoms with Gasteiger partial charge in [-0.3, -0.25) is 0 Å². The molecule has 0 aromatic heterocycles. The fraction of sp³-hybridized carbons (Fsp3) is 0.647. The summed E-state index contributed by atoms with van der Waals surface area (Å²) in [5.74, 6) is 0. The predicted molar refractivity (Wildman–Crippen MR) is 85.4 cm³/mol. The second-order valence-electron chi connectivity index (χ2n) is 5.72. The van der Waals surface area contributed by atoms with Gasteiger partial charge in [-0.2, -0.15) is 0 Å². The maximum Gasteiger partial charge on any atom is 0.0723 e. The maximum atomic E-state index is 5.76. The van der Waals surface area contributed by atoms with E-state index >= 15 is 0 Å². The van der Waals surface area contributed by atoms with Crippen molar-refractivity contribution in [3.63, 3.8) is 0 Å². The van der Waals surface area contributed by atoms with E-state index in [0.717, 1.165) is 26.1 Å². The molecule has 0 spiro atoms. The van der Waals surface area contributed by atoms with Gasteiger partial charge in [0.05, 0.1) is 12.7 Å². The molecule has 1 fully saturated rings. The molecule has 3 unspecified atom stereocenters. The minimum Gasteiger partial charge on any atom is -0.375 e. The number of ether oxygens (including phenoxy) is 1. The summed E-state index contributed by atoms with van der Waals surface area (Å²) in [6, 6.07) is 9.67. The topological polar surface area (TPSA) is 24.5 Å². The van der Waals surface area contributed by atoms with E-state index in [4.69, 9.17) is 4.74 Å². The molecule has 1 N–H and O–H groups in total. The predicted octanol–water partition coefficient (Wildman–Crippen LogP) is 3.36. The Kier molecular flexibility index (Phi) is 5.44. The molecule has 1 heterocycles. The molecule has 1 aliphatic heterocycles. The highest BCUT2D eigenvalue weighted by Crippen LogP contribution is 2.31. The Morgan fingerprint density at radius 1 is 1.30 bits per heavy atom. The molecule has 0 saturated carbocycles. The first-order valence-corrected chi connectivity index (χ1v) is 7.87. The highest BCUT2D eigenvalue weighted by atomic mass is 16.5. The van der Waals surface area contributed by atoms with Crippen LogP contribution in [0.2, 0.25) is 0 Å². The van der Waals surface area contributed by atoms with Gasteiger partial charge in [0, 0.05) is 24.3 Å². The van der Waals surface area contributed by atoms with Crippen molar-refractivity contribution >= 4 is 5.69 Å². The van der Waals surface area contributed by atoms with Crippen LogP contribution in [0.1, 0.15) is 45.7 Å². The lowest BCUT2D eigenvalue weighted by Crippen LogP contribution is -2.48. The minimum atomic E-state index is 0.304. The van der Waals surface area contributed by atoms with E-state index in [1.54, 1.807) is 0 Å². The Labute approximate surface area is 123 Å². The highest BCUT2D eigenvalue weighted by Gasteiger charge is 2.26. The molecule has 2 rings (SSSR count). The number of hydrogen-bond acceptors (Lipinski definition) is 3. The summed E-state index contributed by atoms with van der Waals surface area (Å²) >= 11 is 0. The third-order valence-electron chi connectivity index (χ3n) is 4.09. The Morgan fingerprint density at radius 2 is 2.05 bits per heavy atom. The van der Waals surface area contributed by atoms with Crippen LogP contribution in [-0.4, -0.2) is 31.8 Å². The van der Waals surface area contributed by atoms with Crippen molar-refractivity contribution in [2.24, 2.45) is 0 Å². The van der Waals surface area contributed by atoms with E-state index in [9.17, 15) is 0 Å². The number of benzene rings is 1. The Morgan fingerprint density at radius 3 is 2.75 bits per heavy atom. The fourth-order valence-corrected chi connectivity index (χ4v) is 3.00. The van der Waals surface area contributed by atoms with Gasteiger partial charge in [-0.05, 0) is 38.4 Å². The summed E-state index contributed by atoms with van der Waals surface area (Å²) in [4.78, 5) is 2.50. The summed E-state index contributed by atoms with van der Waals surface area (Å²) in [5, 5.41) is 3.60. The number of hydrogen-bond donors (Lipinski definition) is 1. The SMILES string of the molecule is CCNC(CC)c1ccccc1N1CC(C)OCC1C. The smallest absolute Gasteiger partial charge is 0.0723 e. The van der Waals surface area contributed by atoms with Crippen LogP contribution in [0.4, 0.5) is 5.69 Å². The number of nitrogens with zero attached hydrogens (tertiary/aromatic N) is 1. The van der Waals surface area contributed by atoms with Crippen LogP contribution in [0.3, 0.4) is 0 Å². The molecule has 3 atom stereocenters. The lowest BCUT2D eigenvalue weighted by molar-refractivity contribution is 0.0343. The molecule has 3 nitrogen and oxygen atoms in total. The summed E-state index contributed by atoms with van der Waals surface area (Å²) in [6.07, 6.45) is 1.41. The molecule has 20 heavy (non-hydrogen) atoms. The van der Waals surface area contributed by atoms with Gasteiger partial charge in [-0.25, -0.2) is 0 Å². The minimum absolute atomic E-state index is 0.304. The van der Waals surface area contributed by atoms with E-state index in [0.29, 0.717) is 18.2 Å². The largest absolute Gasteiger partial charge is 0.375 e. The first-order valence-electron chi connectivity index (χ1n) is 7.87. The molecule has 1 aliphatic rings. The van der Waals surface area contributed by atoms with E-state index < -0.39 is 0 Å². The number of anilines is 1. The first-order chi connectivity index (χ1) is 9.67. The fourth-order valence-electron chi connectivity index (χ4n) is 3.00. The number of rotatable bonds is 5. The van der Waals surface area contributed by atoms with Gasteiger partial charge in [0.1, 0.15) is 0 Å². The van der Waals surface area contributed by atoms with Gasteiger partial charge < -0.3 is 15.0 Å². The third kappa shape index (κ3) is 3.33. The lowest BCUT2D eigenvalue weighted by atomic mass is 10.00. The standard InChI is InChI=1S/C17H28N2O/c1-5-16(18-6-2)15-9-7-8-10-17(15)19-11-14(4)20-12-13(19)3/h7-10,13-14,16,18H,5-6,11-12H2,1-4H3. The molecule has 0 radical (unpaired) electrons. The monoisotopic (exact) mass is 276 g/mol. The second-order valence-corrected chi connectivity index (χ2v) is 5.72. The van der Waals surface area contributed by atoms with E-state index in [1.807, 2.05) is 0 Å². The third-order valence-corrected chi connectivity index (χ3v) is 4.09. The average molecular weight is 276 g/mol. The quantitative estimate of drug-likeness (QED) is 0.892. The molecular weight excluding hydrogens is 248 g/mol. The normalized spacial score (nSPS) is 24.7. The van der Waals surface area contributed by atoms with Crippen molar-refractivity contribution in [2.45, 2.75) is 52.3 Å². The van der Waals surface area contributed by atoms with Crippen molar-refractivity contribution in [3.05, 3.63) is 29.8 Å². The van der Waals surface area contributed by atoms with Crippen LogP contribution in [0.25, 0.3) is 0 Å². The van der Waals surface area contributed by atoms with Gasteiger partial charge in [0.25, 0.3) is 0 Å². The first kappa shape index (κ1) is 15.3. The molecule has 112 valence electrons. The number of nitrogens with one attached hydrogen (secondary N) is 1. The number of morpholine rings is 1. The second kappa shape index (κ2) is 7.09. The summed E-state index contributed by atoms with van der Waals surface area (Å²) < 4.78 is 5.76. The Hall–Kier alpha value is -1.06. The zero-order valence-corrected chi connectivity index (χ0v) is 13.2. The van der Waals surface area contributed by atoms with Gasteiger partial charge in [0.15, 0.2) is 0 Å². The van der Waals surface area contributed by atoms with Crippen molar-refractivity contribution < 1.29 is 4.74 Å². The van der Waals surface area contributed by atoms with Crippen LogP contribution in [-0.2, 0) is 4.74 Å². The van der Waals surface area contributed by atoms with Crippen molar-refractivity contribution in [1.82, 2.24) is 5.32 Å². The molecule has 1 saturated heterocycles. The van der Waals surface area contributed by atoms with Crippen LogP contribution in [0.5, 0.6) is 0 Å². The van der Waals surface area contributed by atoms with E-state index in [-0.39, 0.29) is 0 Å². The molecule has 0 bridgehead atoms. The lowest BCUT2D eigenvalue weighted by Gasteiger charge is -2.40. The van der Waals surface area contributed by atoms with Crippen molar-refractivity contribution in [2.75, 3.05) is 24.6 Å². The van der Waals surface area contributed by atoms with Crippen LogP contribution >= 0.6 is 0 Å². The molecule has 1 aromatic carbocycles. The van der Waals surface area contributed by atoms with Crippen LogP contribution < -0.4 is 10.2 Å². The summed E-state index contributed by atoms with van der Waals surface area (Å²) in [6.45, 7) is 11.6. The van der Waals surface area contributed by atoms with Crippen molar-refractivity contribution in [3.8, 4) is 0 Å². The highest BCUT2D eigenvalue weighted by molar-refractivity contribution is 5.56. The summed E-state index contributed by atoms with van der Waals surface area (Å²) in [5.41, 5.74) is 2.78. The van der Waals surface area contributed by atoms with E-state index in [2.05, 4.69) is 62.2 Å². The number of para-hydroxylation sites is 1. The Balaban J connectivity index is 2.30. The van der Waals surface area contributed by atoms with Gasteiger partial charge >= 0.3 is 0 Å². The van der Waals surface area contributed by atoms with Gasteiger partial charge in [-0.15, -0.1) is 0 Å². The Bertz CT molecular complexity index is 421. The van der Waals surface area contributed by atoms with Gasteiger partial charge in [-0.1, -0.05) is 32.0 Å². The molecule has 3 heteroatoms. The molecule has 1 aromatic rings.